The molecular weight excluding hydrogens is 264 g/mol. The van der Waals surface area contributed by atoms with Gasteiger partial charge < -0.3 is 9.52 Å². The number of benzene rings is 1. The first-order valence-corrected chi connectivity index (χ1v) is 8.25. The van der Waals surface area contributed by atoms with Crippen LogP contribution in [0.15, 0.2) is 34.7 Å². The average molecular weight is 280 g/mol. The molecule has 3 rings (SSSR count). The van der Waals surface area contributed by atoms with Crippen molar-refractivity contribution in [2.75, 3.05) is 11.5 Å². The van der Waals surface area contributed by atoms with Crippen molar-refractivity contribution in [1.29, 1.82) is 0 Å². The van der Waals surface area contributed by atoms with E-state index in [2.05, 4.69) is 6.92 Å². The molecule has 0 amide bonds. The molecule has 2 nitrogen and oxygen atoms in total. The number of fused-ring (bicyclic) bond motifs is 1. The zero-order valence-electron chi connectivity index (χ0n) is 10.2. The third-order valence-corrected chi connectivity index (χ3v) is 6.46. The maximum atomic E-state index is 10.5. The summed E-state index contributed by atoms with van der Waals surface area (Å²) < 4.78 is 5.76. The lowest BCUT2D eigenvalue weighted by atomic mass is 10.1. The fraction of sp³-hybridized carbons (Fsp3) is 0.429. The van der Waals surface area contributed by atoms with Crippen LogP contribution in [0.4, 0.5) is 0 Å². The van der Waals surface area contributed by atoms with Crippen molar-refractivity contribution < 1.29 is 9.52 Å². The number of aliphatic hydroxyl groups excluding tert-OH is 1. The highest BCUT2D eigenvalue weighted by molar-refractivity contribution is 8.07. The summed E-state index contributed by atoms with van der Waals surface area (Å²) in [5.74, 6) is 2.98. The van der Waals surface area contributed by atoms with E-state index in [-0.39, 0.29) is 5.25 Å². The molecule has 1 saturated heterocycles. The van der Waals surface area contributed by atoms with Gasteiger partial charge in [0.1, 0.15) is 17.4 Å². The van der Waals surface area contributed by atoms with E-state index in [1.54, 1.807) is 0 Å². The van der Waals surface area contributed by atoms with Gasteiger partial charge in [-0.25, -0.2) is 0 Å². The quantitative estimate of drug-likeness (QED) is 0.909. The van der Waals surface area contributed by atoms with Crippen LogP contribution in [0.25, 0.3) is 11.0 Å². The molecule has 3 unspecified atom stereocenters. The van der Waals surface area contributed by atoms with E-state index in [0.717, 1.165) is 16.7 Å². The van der Waals surface area contributed by atoms with Gasteiger partial charge in [0.25, 0.3) is 0 Å². The lowest BCUT2D eigenvalue weighted by Crippen LogP contribution is -2.29. The fourth-order valence-corrected chi connectivity index (χ4v) is 5.12. The number of thioether (sulfide) groups is 2. The smallest absolute Gasteiger partial charge is 0.134 e. The van der Waals surface area contributed by atoms with Crippen molar-refractivity contribution in [3.8, 4) is 0 Å². The number of rotatable bonds is 2. The van der Waals surface area contributed by atoms with Crippen LogP contribution >= 0.6 is 23.5 Å². The topological polar surface area (TPSA) is 33.4 Å². The standard InChI is InChI=1S/C14H16O2S2/c1-9-14(18-7-6-17-9)13(15)12-8-10-4-2-3-5-11(10)16-12/h2-5,8-9,13-15H,6-7H2,1H3. The zero-order valence-corrected chi connectivity index (χ0v) is 11.8. The third-order valence-electron chi connectivity index (χ3n) is 3.28. The summed E-state index contributed by atoms with van der Waals surface area (Å²) in [4.78, 5) is 0. The van der Waals surface area contributed by atoms with E-state index in [1.807, 2.05) is 53.9 Å². The summed E-state index contributed by atoms with van der Waals surface area (Å²) in [5.41, 5.74) is 0.854. The molecule has 3 atom stereocenters. The molecule has 2 aromatic rings. The first-order chi connectivity index (χ1) is 8.75. The maximum Gasteiger partial charge on any atom is 0.134 e. The van der Waals surface area contributed by atoms with Crippen LogP contribution in [-0.4, -0.2) is 27.1 Å². The van der Waals surface area contributed by atoms with Gasteiger partial charge in [-0.1, -0.05) is 25.1 Å². The van der Waals surface area contributed by atoms with Crippen molar-refractivity contribution in [3.05, 3.63) is 36.1 Å². The Balaban J connectivity index is 1.88. The van der Waals surface area contributed by atoms with Gasteiger partial charge in [0, 0.05) is 27.4 Å². The molecule has 1 aliphatic rings. The van der Waals surface area contributed by atoms with Crippen molar-refractivity contribution >= 4 is 34.5 Å². The van der Waals surface area contributed by atoms with Crippen LogP contribution in [-0.2, 0) is 0 Å². The molecule has 2 heterocycles. The molecule has 1 aromatic heterocycles. The Labute approximate surface area is 115 Å². The highest BCUT2D eigenvalue weighted by atomic mass is 32.2. The van der Waals surface area contributed by atoms with E-state index in [4.69, 9.17) is 4.42 Å². The number of furan rings is 1. The van der Waals surface area contributed by atoms with E-state index >= 15 is 0 Å². The van der Waals surface area contributed by atoms with Crippen LogP contribution < -0.4 is 0 Å². The van der Waals surface area contributed by atoms with Crippen LogP contribution in [0, 0.1) is 0 Å². The Morgan fingerprint density at radius 2 is 2.06 bits per heavy atom. The van der Waals surface area contributed by atoms with Gasteiger partial charge in [0.2, 0.25) is 0 Å². The lowest BCUT2D eigenvalue weighted by Gasteiger charge is -2.30. The van der Waals surface area contributed by atoms with Crippen molar-refractivity contribution in [2.45, 2.75) is 23.5 Å². The lowest BCUT2D eigenvalue weighted by molar-refractivity contribution is 0.149. The Morgan fingerprint density at radius 3 is 2.83 bits per heavy atom. The van der Waals surface area contributed by atoms with E-state index in [1.165, 1.54) is 5.75 Å². The van der Waals surface area contributed by atoms with Gasteiger partial charge in [-0.2, -0.15) is 23.5 Å². The highest BCUT2D eigenvalue weighted by Gasteiger charge is 2.32. The van der Waals surface area contributed by atoms with E-state index in [0.29, 0.717) is 11.0 Å². The van der Waals surface area contributed by atoms with Crippen LogP contribution in [0.3, 0.4) is 0 Å². The summed E-state index contributed by atoms with van der Waals surface area (Å²) >= 11 is 3.79. The number of para-hydroxylation sites is 1. The molecule has 1 aliphatic heterocycles. The molecule has 0 bridgehead atoms. The molecule has 4 heteroatoms. The molecule has 96 valence electrons. The summed E-state index contributed by atoms with van der Waals surface area (Å²) in [7, 11) is 0. The van der Waals surface area contributed by atoms with E-state index < -0.39 is 6.10 Å². The van der Waals surface area contributed by atoms with Gasteiger partial charge >= 0.3 is 0 Å². The molecule has 1 fully saturated rings. The largest absolute Gasteiger partial charge is 0.458 e. The first kappa shape index (κ1) is 12.5. The second-order valence-corrected chi connectivity index (χ2v) is 7.31. The predicted molar refractivity (Wildman–Crippen MR) is 79.3 cm³/mol. The van der Waals surface area contributed by atoms with Gasteiger partial charge in [0.05, 0.1) is 0 Å². The molecule has 0 radical (unpaired) electrons. The first-order valence-electron chi connectivity index (χ1n) is 6.15. The summed E-state index contributed by atoms with van der Waals surface area (Å²) in [6.45, 7) is 2.19. The molecule has 1 aromatic carbocycles. The normalized spacial score (nSPS) is 26.3. The van der Waals surface area contributed by atoms with Gasteiger partial charge in [-0.3, -0.25) is 0 Å². The van der Waals surface area contributed by atoms with Crippen molar-refractivity contribution in [1.82, 2.24) is 0 Å². The second-order valence-electron chi connectivity index (χ2n) is 4.54. The van der Waals surface area contributed by atoms with Crippen molar-refractivity contribution in [2.24, 2.45) is 0 Å². The Bertz CT molecular complexity index is 504. The van der Waals surface area contributed by atoms with Crippen LogP contribution in [0.5, 0.6) is 0 Å². The minimum absolute atomic E-state index is 0.226. The monoisotopic (exact) mass is 280 g/mol. The van der Waals surface area contributed by atoms with Gasteiger partial charge in [0.15, 0.2) is 0 Å². The summed E-state index contributed by atoms with van der Waals surface area (Å²) in [5, 5.41) is 12.2. The molecule has 0 saturated carbocycles. The maximum absolute atomic E-state index is 10.5. The third kappa shape index (κ3) is 2.29. The number of hydrogen-bond donors (Lipinski definition) is 1. The molecule has 0 spiro atoms. The summed E-state index contributed by atoms with van der Waals surface area (Å²) in [6, 6.07) is 9.86. The molecule has 18 heavy (non-hydrogen) atoms. The predicted octanol–water partition coefficient (Wildman–Crippen LogP) is 3.70. The molecule has 1 N–H and O–H groups in total. The number of aliphatic hydroxyl groups is 1. The zero-order chi connectivity index (χ0) is 12.5. The Hall–Kier alpha value is -0.580. The minimum Gasteiger partial charge on any atom is -0.458 e. The van der Waals surface area contributed by atoms with Gasteiger partial charge in [-0.05, 0) is 12.1 Å². The van der Waals surface area contributed by atoms with Gasteiger partial charge in [-0.15, -0.1) is 0 Å². The average Bonchev–Trinajstić information content (AvgIpc) is 2.82. The summed E-state index contributed by atoms with van der Waals surface area (Å²) in [6.07, 6.45) is -0.509. The van der Waals surface area contributed by atoms with Crippen LogP contribution in [0.1, 0.15) is 18.8 Å². The Morgan fingerprint density at radius 1 is 1.28 bits per heavy atom. The Kier molecular flexibility index (Phi) is 3.59. The highest BCUT2D eigenvalue weighted by Crippen LogP contribution is 2.39. The minimum atomic E-state index is -0.509. The van der Waals surface area contributed by atoms with E-state index in [9.17, 15) is 5.11 Å². The SMILES string of the molecule is CC1SCCSC1C(O)c1cc2ccccc2o1. The second kappa shape index (κ2) is 5.19. The fourth-order valence-electron chi connectivity index (χ4n) is 2.31. The molecular formula is C14H16O2S2. The number of hydrogen-bond acceptors (Lipinski definition) is 4. The molecule has 0 aliphatic carbocycles. The van der Waals surface area contributed by atoms with Crippen molar-refractivity contribution in [3.63, 3.8) is 0 Å². The van der Waals surface area contributed by atoms with Crippen LogP contribution in [0.2, 0.25) is 0 Å².